The Morgan fingerprint density at radius 1 is 0.600 bits per heavy atom. The molecule has 0 radical (unpaired) electrons. The lowest BCUT2D eigenvalue weighted by Crippen LogP contribution is -3.00. The van der Waals surface area contributed by atoms with Crippen LogP contribution in [0.2, 0.25) is 19.6 Å². The summed E-state index contributed by atoms with van der Waals surface area (Å²) in [4.78, 5) is 0. The van der Waals surface area contributed by atoms with Crippen molar-refractivity contribution in [3.63, 3.8) is 0 Å². The van der Waals surface area contributed by atoms with Gasteiger partial charge in [-0.3, -0.25) is 0 Å². The van der Waals surface area contributed by atoms with E-state index in [4.69, 9.17) is 4.43 Å². The zero-order chi connectivity index (χ0) is 24.0. The van der Waals surface area contributed by atoms with Gasteiger partial charge in [0.05, 0.1) is 12.3 Å². The molecule has 35 heavy (non-hydrogen) atoms. The molecule has 0 saturated carbocycles. The minimum atomic E-state index is -1.91. The highest BCUT2D eigenvalue weighted by atomic mass is 127. The van der Waals surface area contributed by atoms with Crippen LogP contribution in [0.1, 0.15) is 18.6 Å². The Hall–Kier alpha value is -1.78. The lowest BCUT2D eigenvalue weighted by molar-refractivity contribution is -0.00000834. The van der Waals surface area contributed by atoms with Gasteiger partial charge < -0.3 is 28.4 Å². The summed E-state index contributed by atoms with van der Waals surface area (Å²) in [6.45, 7) is 9.28. The summed E-state index contributed by atoms with van der Waals surface area (Å²) in [5.74, 6) is 0.336. The van der Waals surface area contributed by atoms with Gasteiger partial charge in [0.2, 0.25) is 0 Å². The topological polar surface area (TPSA) is 9.23 Å². The van der Waals surface area contributed by atoms with Gasteiger partial charge in [-0.05, 0) is 61.6 Å². The molecule has 0 aromatic heterocycles. The third-order valence-electron chi connectivity index (χ3n) is 6.28. The van der Waals surface area contributed by atoms with Gasteiger partial charge in [0.1, 0.15) is 23.2 Å². The zero-order valence-corrected chi connectivity index (χ0v) is 25.2. The van der Waals surface area contributed by atoms with E-state index in [1.54, 1.807) is 0 Å². The summed E-state index contributed by atoms with van der Waals surface area (Å²) in [6.07, 6.45) is 1.12. The van der Waals surface area contributed by atoms with E-state index < -0.39 is 15.6 Å². The first-order valence-corrected chi connectivity index (χ1v) is 17.6. The average Bonchev–Trinajstić information content (AvgIpc) is 2.87. The van der Waals surface area contributed by atoms with Crippen LogP contribution in [0.5, 0.6) is 0 Å². The van der Waals surface area contributed by atoms with Gasteiger partial charge in [-0.2, -0.15) is 0 Å². The first-order chi connectivity index (χ1) is 16.4. The number of halogens is 1. The Balaban J connectivity index is 0.00000342. The van der Waals surface area contributed by atoms with Crippen LogP contribution in [0, 0.1) is 5.92 Å². The normalized spacial score (nSPS) is 13.5. The van der Waals surface area contributed by atoms with E-state index in [9.17, 15) is 0 Å². The van der Waals surface area contributed by atoms with Gasteiger partial charge in [-0.15, -0.1) is 0 Å². The minimum Gasteiger partial charge on any atom is -1.00 e. The highest BCUT2D eigenvalue weighted by Crippen LogP contribution is 2.58. The fraction of sp³-hybridized carbons (Fsp3) is 0.226. The standard InChI is InChI=1S/C31H36OPSi.HI/c1-26(31(32-34(2,3)4)27-17-9-5-10-18-27)25-33(28-19-11-6-12-20-28,29-21-13-7-14-22-29)30-23-15-8-16-24-30;/h5-24,26,31H,25H2,1-4H3;1H/q+1;/p-1. The Morgan fingerprint density at radius 2 is 0.943 bits per heavy atom. The number of hydrogen-bond donors (Lipinski definition) is 0. The average molecular weight is 611 g/mol. The first kappa shape index (κ1) is 27.8. The predicted octanol–water partition coefficient (Wildman–Crippen LogP) is 4.21. The fourth-order valence-electron chi connectivity index (χ4n) is 4.87. The van der Waals surface area contributed by atoms with Gasteiger partial charge in [-0.1, -0.05) is 91.9 Å². The molecular formula is C31H36IOPSi. The van der Waals surface area contributed by atoms with Crippen molar-refractivity contribution in [3.05, 3.63) is 127 Å². The molecule has 0 aliphatic heterocycles. The second-order valence-electron chi connectivity index (χ2n) is 10.0. The molecule has 4 rings (SSSR count). The third-order valence-corrected chi connectivity index (χ3v) is 11.9. The second kappa shape index (κ2) is 12.4. The third kappa shape index (κ3) is 6.71. The van der Waals surface area contributed by atoms with Crippen molar-refractivity contribution in [1.82, 2.24) is 0 Å². The summed E-state index contributed by atoms with van der Waals surface area (Å²) in [5, 5.41) is 4.29. The van der Waals surface area contributed by atoms with E-state index >= 15 is 0 Å². The Kier molecular flexibility index (Phi) is 9.89. The molecule has 0 aliphatic carbocycles. The van der Waals surface area contributed by atoms with Crippen molar-refractivity contribution in [2.45, 2.75) is 32.7 Å². The molecule has 4 aromatic carbocycles. The van der Waals surface area contributed by atoms with Crippen LogP contribution < -0.4 is 39.9 Å². The molecular weight excluding hydrogens is 574 g/mol. The number of benzene rings is 4. The van der Waals surface area contributed by atoms with Crippen molar-refractivity contribution in [2.75, 3.05) is 6.16 Å². The lowest BCUT2D eigenvalue weighted by Gasteiger charge is -2.35. The maximum absolute atomic E-state index is 6.90. The molecule has 0 heterocycles. The van der Waals surface area contributed by atoms with Crippen molar-refractivity contribution in [3.8, 4) is 0 Å². The molecule has 2 unspecified atom stereocenters. The molecule has 4 heteroatoms. The minimum absolute atomic E-state index is 0. The molecule has 0 bridgehead atoms. The van der Waals surface area contributed by atoms with Crippen LogP contribution in [0.4, 0.5) is 0 Å². The lowest BCUT2D eigenvalue weighted by atomic mass is 9.99. The van der Waals surface area contributed by atoms with Crippen molar-refractivity contribution in [1.29, 1.82) is 0 Å². The van der Waals surface area contributed by atoms with E-state index in [2.05, 4.69) is 148 Å². The molecule has 0 saturated heterocycles. The van der Waals surface area contributed by atoms with Gasteiger partial charge in [0.15, 0.2) is 8.32 Å². The molecule has 0 spiro atoms. The van der Waals surface area contributed by atoms with E-state index in [1.165, 1.54) is 21.5 Å². The molecule has 0 N–H and O–H groups in total. The zero-order valence-electron chi connectivity index (χ0n) is 21.1. The van der Waals surface area contributed by atoms with Crippen LogP contribution in [0.3, 0.4) is 0 Å². The van der Waals surface area contributed by atoms with E-state index in [0.717, 1.165) is 6.16 Å². The molecule has 182 valence electrons. The quantitative estimate of drug-likeness (QED) is 0.157. The van der Waals surface area contributed by atoms with Gasteiger partial charge in [0.25, 0.3) is 0 Å². The van der Waals surface area contributed by atoms with Crippen LogP contribution in [0.15, 0.2) is 121 Å². The van der Waals surface area contributed by atoms with E-state index in [0.29, 0.717) is 5.92 Å². The summed E-state index contributed by atoms with van der Waals surface area (Å²) >= 11 is 0. The summed E-state index contributed by atoms with van der Waals surface area (Å²) in [6, 6.07) is 44.3. The molecule has 2 atom stereocenters. The molecule has 0 fully saturated rings. The smallest absolute Gasteiger partial charge is 0.184 e. The maximum atomic E-state index is 6.90. The van der Waals surface area contributed by atoms with Crippen LogP contribution in [-0.4, -0.2) is 14.5 Å². The van der Waals surface area contributed by atoms with Crippen molar-refractivity contribution >= 4 is 31.5 Å². The van der Waals surface area contributed by atoms with Crippen LogP contribution in [-0.2, 0) is 4.43 Å². The second-order valence-corrected chi connectivity index (χ2v) is 18.0. The summed E-state index contributed by atoms with van der Waals surface area (Å²) < 4.78 is 6.90. The van der Waals surface area contributed by atoms with E-state index in [-0.39, 0.29) is 30.1 Å². The first-order valence-electron chi connectivity index (χ1n) is 12.2. The Bertz CT molecular complexity index is 1050. The largest absolute Gasteiger partial charge is 1.00 e. The maximum Gasteiger partial charge on any atom is 0.184 e. The summed E-state index contributed by atoms with van der Waals surface area (Å²) in [5.41, 5.74) is 1.28. The number of rotatable bonds is 9. The summed E-state index contributed by atoms with van der Waals surface area (Å²) in [7, 11) is -3.68. The molecule has 1 nitrogen and oxygen atoms in total. The Morgan fingerprint density at radius 3 is 1.29 bits per heavy atom. The van der Waals surface area contributed by atoms with Gasteiger partial charge in [-0.25, -0.2) is 0 Å². The van der Waals surface area contributed by atoms with Crippen molar-refractivity contribution in [2.24, 2.45) is 5.92 Å². The van der Waals surface area contributed by atoms with Crippen molar-refractivity contribution < 1.29 is 28.4 Å². The van der Waals surface area contributed by atoms with Crippen LogP contribution >= 0.6 is 7.26 Å². The SMILES string of the molecule is CC(C[P+](c1ccccc1)(c1ccccc1)c1ccccc1)C(O[Si](C)(C)C)c1ccccc1.[I-]. The van der Waals surface area contributed by atoms with Crippen LogP contribution in [0.25, 0.3) is 0 Å². The Labute approximate surface area is 230 Å². The molecule has 0 aliphatic rings. The molecule has 0 amide bonds. The van der Waals surface area contributed by atoms with E-state index in [1.807, 2.05) is 0 Å². The fourth-order valence-corrected chi connectivity index (χ4v) is 10.6. The predicted molar refractivity (Wildman–Crippen MR) is 153 cm³/mol. The van der Waals surface area contributed by atoms with Gasteiger partial charge in [0, 0.05) is 5.92 Å². The highest BCUT2D eigenvalue weighted by molar-refractivity contribution is 7.95. The number of hydrogen-bond acceptors (Lipinski definition) is 1. The molecule has 4 aromatic rings. The monoisotopic (exact) mass is 610 g/mol. The van der Waals surface area contributed by atoms with Gasteiger partial charge >= 0.3 is 0 Å². The highest BCUT2D eigenvalue weighted by Gasteiger charge is 2.48.